The largest absolute Gasteiger partial charge is 0.348 e. The third-order valence-electron chi connectivity index (χ3n) is 5.68. The molecule has 0 fully saturated rings. The first-order valence-electron chi connectivity index (χ1n) is 9.84. The van der Waals surface area contributed by atoms with Gasteiger partial charge in [-0.3, -0.25) is 4.79 Å². The van der Waals surface area contributed by atoms with Crippen molar-refractivity contribution in [2.75, 3.05) is 5.32 Å². The smallest absolute Gasteiger partial charge is 0.241 e. The van der Waals surface area contributed by atoms with E-state index >= 15 is 0 Å². The van der Waals surface area contributed by atoms with Crippen molar-refractivity contribution in [3.8, 4) is 11.4 Å². The van der Waals surface area contributed by atoms with Gasteiger partial charge in [0.25, 0.3) is 0 Å². The van der Waals surface area contributed by atoms with Gasteiger partial charge in [0.2, 0.25) is 5.91 Å². The highest BCUT2D eigenvalue weighted by Crippen LogP contribution is 2.38. The van der Waals surface area contributed by atoms with Crippen molar-refractivity contribution in [3.05, 3.63) is 66.2 Å². The Morgan fingerprint density at radius 3 is 2.87 bits per heavy atom. The lowest BCUT2D eigenvalue weighted by Gasteiger charge is -2.15. The number of hydrogen-bond acceptors (Lipinski definition) is 4. The zero-order valence-corrected chi connectivity index (χ0v) is 16.8. The Morgan fingerprint density at radius 1 is 1.23 bits per heavy atom. The van der Waals surface area contributed by atoms with Crippen molar-refractivity contribution >= 4 is 33.4 Å². The van der Waals surface area contributed by atoms with Crippen LogP contribution in [0.3, 0.4) is 0 Å². The number of amides is 1. The zero-order chi connectivity index (χ0) is 20.8. The summed E-state index contributed by atoms with van der Waals surface area (Å²) in [4.78, 5) is 24.4. The average Bonchev–Trinajstić information content (AvgIpc) is 3.39. The van der Waals surface area contributed by atoms with Crippen LogP contribution >= 0.6 is 0 Å². The molecule has 1 aromatic heterocycles. The van der Waals surface area contributed by atoms with E-state index in [-0.39, 0.29) is 5.91 Å². The Balaban J connectivity index is 1.53. The summed E-state index contributed by atoms with van der Waals surface area (Å²) in [5.74, 6) is 0.695. The van der Waals surface area contributed by atoms with E-state index in [0.29, 0.717) is 12.1 Å². The van der Waals surface area contributed by atoms with Crippen LogP contribution < -0.4 is 11.1 Å². The molecule has 2 aliphatic rings. The number of nitrogens with zero attached hydrogens (tertiary/aromatic N) is 3. The normalized spacial score (nSPS) is 12.6. The van der Waals surface area contributed by atoms with Crippen molar-refractivity contribution in [1.29, 1.82) is 0 Å². The number of anilines is 1. The first-order valence-corrected chi connectivity index (χ1v) is 9.84. The summed E-state index contributed by atoms with van der Waals surface area (Å²) in [5.41, 5.74) is 11.9. The van der Waals surface area contributed by atoms with E-state index in [4.69, 9.17) is 10.7 Å². The van der Waals surface area contributed by atoms with Crippen LogP contribution in [0.4, 0.5) is 5.69 Å². The first-order chi connectivity index (χ1) is 14.5. The highest BCUT2D eigenvalue weighted by Gasteiger charge is 2.21. The molecule has 30 heavy (non-hydrogen) atoms. The number of nitrogens with one attached hydrogen (secondary N) is 2. The third kappa shape index (κ3) is 2.91. The van der Waals surface area contributed by atoms with E-state index in [1.807, 2.05) is 37.4 Å². The maximum atomic E-state index is 12.6. The molecule has 0 aliphatic carbocycles. The molecule has 5 rings (SSSR count). The van der Waals surface area contributed by atoms with Gasteiger partial charge in [0.1, 0.15) is 5.82 Å². The van der Waals surface area contributed by atoms with Crippen LogP contribution in [0.15, 0.2) is 55.0 Å². The number of rotatable bonds is 4. The maximum Gasteiger partial charge on any atom is 0.241 e. The zero-order valence-electron chi connectivity index (χ0n) is 16.8. The highest BCUT2D eigenvalue weighted by molar-refractivity contribution is 6.06. The Bertz CT molecular complexity index is 1350. The van der Waals surface area contributed by atoms with Crippen LogP contribution in [0.2, 0.25) is 0 Å². The Hall–Kier alpha value is -3.71. The Kier molecular flexibility index (Phi) is 4.25. The number of imidazole rings is 1. The SMILES string of the molecule is Cc1c2c3cc(NC(=O)[C@@H](N)Cc4cnc[nH]4)ccc3nc-2n(C)c2ccccc12. The number of pyridine rings is 1. The van der Waals surface area contributed by atoms with E-state index in [9.17, 15) is 4.79 Å². The van der Waals surface area contributed by atoms with Crippen molar-refractivity contribution in [3.63, 3.8) is 0 Å². The fourth-order valence-electron chi connectivity index (χ4n) is 4.11. The fraction of sp³-hybridized carbons (Fsp3) is 0.174. The molecule has 0 radical (unpaired) electrons. The average molecular weight is 398 g/mol. The van der Waals surface area contributed by atoms with Gasteiger partial charge in [0, 0.05) is 52.9 Å². The molecule has 7 heteroatoms. The van der Waals surface area contributed by atoms with Gasteiger partial charge >= 0.3 is 0 Å². The van der Waals surface area contributed by atoms with E-state index in [1.54, 1.807) is 12.5 Å². The van der Waals surface area contributed by atoms with E-state index in [2.05, 4.69) is 38.9 Å². The standard InChI is InChI=1S/C23H22N6O/c1-13-16-5-3-4-6-20(16)29(2)22-21(13)17-9-14(7-8-19(17)28-22)27-23(30)18(24)10-15-11-25-12-26-15/h3-9,11-12,18H,10,24H2,1-2H3,(H,25,26)(H,27,30)/t18-/m0/s1. The monoisotopic (exact) mass is 398 g/mol. The van der Waals surface area contributed by atoms with Gasteiger partial charge in [-0.25, -0.2) is 9.97 Å². The molecule has 4 N–H and O–H groups in total. The minimum absolute atomic E-state index is 0.236. The molecule has 0 spiro atoms. The molecule has 7 nitrogen and oxygen atoms in total. The van der Waals surface area contributed by atoms with Crippen molar-refractivity contribution < 1.29 is 4.79 Å². The summed E-state index contributed by atoms with van der Waals surface area (Å²) in [7, 11) is 2.03. The van der Waals surface area contributed by atoms with Gasteiger partial charge in [0.05, 0.1) is 17.9 Å². The number of carbonyl (C=O) groups excluding carboxylic acids is 1. The number of aryl methyl sites for hydroxylation is 2. The summed E-state index contributed by atoms with van der Waals surface area (Å²) < 4.78 is 2.12. The van der Waals surface area contributed by atoms with Gasteiger partial charge < -0.3 is 20.6 Å². The molecule has 0 bridgehead atoms. The van der Waals surface area contributed by atoms with Crippen molar-refractivity contribution in [1.82, 2.24) is 19.5 Å². The summed E-state index contributed by atoms with van der Waals surface area (Å²) in [6, 6.07) is 13.4. The highest BCUT2D eigenvalue weighted by atomic mass is 16.2. The second-order valence-corrected chi connectivity index (χ2v) is 7.62. The molecule has 0 unspecified atom stereocenters. The number of nitrogens with two attached hydrogens (primary N) is 1. The van der Waals surface area contributed by atoms with Gasteiger partial charge in [-0.2, -0.15) is 0 Å². The molecular formula is C23H22N6O. The van der Waals surface area contributed by atoms with Crippen LogP contribution in [-0.2, 0) is 18.3 Å². The number of H-pyrrole nitrogens is 1. The van der Waals surface area contributed by atoms with Gasteiger partial charge in [-0.05, 0) is 36.8 Å². The molecular weight excluding hydrogens is 376 g/mol. The second-order valence-electron chi connectivity index (χ2n) is 7.62. The van der Waals surface area contributed by atoms with E-state index < -0.39 is 6.04 Å². The maximum absolute atomic E-state index is 12.6. The second kappa shape index (κ2) is 6.96. The summed E-state index contributed by atoms with van der Waals surface area (Å²) in [5, 5.41) is 5.15. The van der Waals surface area contributed by atoms with Gasteiger partial charge in [-0.15, -0.1) is 0 Å². The molecule has 1 atom stereocenters. The predicted octanol–water partition coefficient (Wildman–Crippen LogP) is 3.37. The quantitative estimate of drug-likeness (QED) is 0.432. The summed E-state index contributed by atoms with van der Waals surface area (Å²) >= 11 is 0. The van der Waals surface area contributed by atoms with Gasteiger partial charge in [-0.1, -0.05) is 18.2 Å². The topological polar surface area (TPSA) is 102 Å². The minimum atomic E-state index is -0.667. The molecule has 0 saturated carbocycles. The molecule has 2 aliphatic heterocycles. The Morgan fingerprint density at radius 2 is 2.07 bits per heavy atom. The number of benzene rings is 2. The number of aromatic nitrogens is 4. The van der Waals surface area contributed by atoms with Crippen molar-refractivity contribution in [2.24, 2.45) is 12.8 Å². The molecule has 3 aromatic rings. The number of fused-ring (bicyclic) bond motifs is 4. The number of para-hydroxylation sites is 1. The molecule has 2 aromatic carbocycles. The van der Waals surface area contributed by atoms with E-state index in [1.165, 1.54) is 10.9 Å². The predicted molar refractivity (Wildman–Crippen MR) is 118 cm³/mol. The third-order valence-corrected chi connectivity index (χ3v) is 5.68. The molecule has 1 amide bonds. The van der Waals surface area contributed by atoms with Crippen LogP contribution in [0.25, 0.3) is 33.2 Å². The number of hydrogen-bond donors (Lipinski definition) is 3. The van der Waals surface area contributed by atoms with Crippen LogP contribution in [0.1, 0.15) is 11.3 Å². The van der Waals surface area contributed by atoms with E-state index in [0.717, 1.165) is 33.5 Å². The molecule has 150 valence electrons. The first kappa shape index (κ1) is 18.3. The van der Waals surface area contributed by atoms with Crippen LogP contribution in [-0.4, -0.2) is 31.5 Å². The minimum Gasteiger partial charge on any atom is -0.348 e. The van der Waals surface area contributed by atoms with Crippen LogP contribution in [0.5, 0.6) is 0 Å². The lowest BCUT2D eigenvalue weighted by atomic mass is 10.00. The lowest BCUT2D eigenvalue weighted by molar-refractivity contribution is -0.117. The van der Waals surface area contributed by atoms with Crippen LogP contribution in [0, 0.1) is 6.92 Å². The number of carbonyl (C=O) groups is 1. The van der Waals surface area contributed by atoms with Crippen molar-refractivity contribution in [2.45, 2.75) is 19.4 Å². The Labute approximate surface area is 173 Å². The molecule has 0 saturated heterocycles. The molecule has 3 heterocycles. The number of aromatic amines is 1. The summed E-state index contributed by atoms with van der Waals surface area (Å²) in [6.07, 6.45) is 3.65. The lowest BCUT2D eigenvalue weighted by Crippen LogP contribution is -2.37. The fourth-order valence-corrected chi connectivity index (χ4v) is 4.11. The van der Waals surface area contributed by atoms with Gasteiger partial charge in [0.15, 0.2) is 0 Å². The summed E-state index contributed by atoms with van der Waals surface area (Å²) in [6.45, 7) is 2.12.